The molecule has 2 aromatic rings. The Morgan fingerprint density at radius 3 is 2.39 bits per heavy atom. The maximum absolute atomic E-state index is 12.0. The van der Waals surface area contributed by atoms with Crippen molar-refractivity contribution in [3.05, 3.63) is 82.9 Å². The lowest BCUT2D eigenvalue weighted by Gasteiger charge is -2.00. The number of cyclic esters (lactones) is 1. The standard InChI is InChI=1S/C19H14O4/c1-22-18(20)15-9-7-13(8-10-15)11-16-12-17(23-19(16)21)14-5-3-2-4-6-14/h2-12H,1H3/b16-11-. The lowest BCUT2D eigenvalue weighted by atomic mass is 10.1. The summed E-state index contributed by atoms with van der Waals surface area (Å²) < 4.78 is 9.94. The summed E-state index contributed by atoms with van der Waals surface area (Å²) in [4.78, 5) is 23.4. The molecular formula is C19H14O4. The van der Waals surface area contributed by atoms with Gasteiger partial charge in [0.2, 0.25) is 0 Å². The number of hydrogen-bond donors (Lipinski definition) is 0. The van der Waals surface area contributed by atoms with E-state index in [1.165, 1.54) is 7.11 Å². The van der Waals surface area contributed by atoms with Crippen LogP contribution in [-0.4, -0.2) is 19.0 Å². The number of benzene rings is 2. The van der Waals surface area contributed by atoms with Crippen LogP contribution in [0.3, 0.4) is 0 Å². The number of carbonyl (C=O) groups excluding carboxylic acids is 2. The quantitative estimate of drug-likeness (QED) is 0.644. The molecule has 114 valence electrons. The molecule has 23 heavy (non-hydrogen) atoms. The Hall–Kier alpha value is -3.14. The molecule has 0 unspecified atom stereocenters. The lowest BCUT2D eigenvalue weighted by Crippen LogP contribution is -2.00. The predicted molar refractivity (Wildman–Crippen MR) is 86.3 cm³/mol. The summed E-state index contributed by atoms with van der Waals surface area (Å²) in [7, 11) is 1.34. The van der Waals surface area contributed by atoms with Gasteiger partial charge in [0.1, 0.15) is 5.76 Å². The molecule has 0 atom stereocenters. The molecule has 0 amide bonds. The van der Waals surface area contributed by atoms with E-state index in [1.54, 1.807) is 36.4 Å². The maximum atomic E-state index is 12.0. The Morgan fingerprint density at radius 2 is 1.74 bits per heavy atom. The van der Waals surface area contributed by atoms with E-state index in [0.29, 0.717) is 16.9 Å². The highest BCUT2D eigenvalue weighted by atomic mass is 16.5. The van der Waals surface area contributed by atoms with E-state index >= 15 is 0 Å². The van der Waals surface area contributed by atoms with Gasteiger partial charge in [0.25, 0.3) is 0 Å². The first-order valence-corrected chi connectivity index (χ1v) is 7.07. The zero-order valence-electron chi connectivity index (χ0n) is 12.5. The number of carbonyl (C=O) groups is 2. The van der Waals surface area contributed by atoms with Crippen molar-refractivity contribution >= 4 is 23.8 Å². The van der Waals surface area contributed by atoms with Crippen LogP contribution in [0, 0.1) is 0 Å². The normalized spacial score (nSPS) is 15.3. The van der Waals surface area contributed by atoms with Crippen LogP contribution >= 0.6 is 0 Å². The van der Waals surface area contributed by atoms with Crippen LogP contribution in [0.1, 0.15) is 21.5 Å². The Labute approximate surface area is 133 Å². The second kappa shape index (κ2) is 6.32. The van der Waals surface area contributed by atoms with Crippen LogP contribution in [-0.2, 0) is 14.3 Å². The highest BCUT2D eigenvalue weighted by Gasteiger charge is 2.21. The molecule has 0 radical (unpaired) electrons. The van der Waals surface area contributed by atoms with Crippen LogP contribution in [0.2, 0.25) is 0 Å². The topological polar surface area (TPSA) is 52.6 Å². The van der Waals surface area contributed by atoms with Crippen LogP contribution < -0.4 is 0 Å². The fourth-order valence-corrected chi connectivity index (χ4v) is 2.25. The molecule has 2 aromatic carbocycles. The van der Waals surface area contributed by atoms with Gasteiger partial charge < -0.3 is 9.47 Å². The first kappa shape index (κ1) is 14.8. The Kier molecular flexibility index (Phi) is 4.06. The zero-order chi connectivity index (χ0) is 16.2. The summed E-state index contributed by atoms with van der Waals surface area (Å²) in [6, 6.07) is 16.2. The van der Waals surface area contributed by atoms with Crippen molar-refractivity contribution < 1.29 is 19.1 Å². The van der Waals surface area contributed by atoms with Crippen molar-refractivity contribution in [1.29, 1.82) is 0 Å². The highest BCUT2D eigenvalue weighted by molar-refractivity contribution is 6.05. The molecule has 4 heteroatoms. The van der Waals surface area contributed by atoms with Gasteiger partial charge in [-0.1, -0.05) is 42.5 Å². The molecule has 0 saturated heterocycles. The minimum Gasteiger partial charge on any atom is -0.465 e. The Balaban J connectivity index is 1.86. The average molecular weight is 306 g/mol. The van der Waals surface area contributed by atoms with Crippen molar-refractivity contribution in [3.8, 4) is 0 Å². The van der Waals surface area contributed by atoms with Crippen molar-refractivity contribution in [3.63, 3.8) is 0 Å². The van der Waals surface area contributed by atoms with E-state index in [0.717, 1.165) is 11.1 Å². The van der Waals surface area contributed by atoms with Crippen molar-refractivity contribution in [2.45, 2.75) is 0 Å². The Bertz CT molecular complexity index is 799. The summed E-state index contributed by atoms with van der Waals surface area (Å²) in [6.45, 7) is 0. The summed E-state index contributed by atoms with van der Waals surface area (Å²) in [5.41, 5.74) is 2.58. The molecule has 3 rings (SSSR count). The molecule has 0 spiro atoms. The molecule has 0 fully saturated rings. The van der Waals surface area contributed by atoms with E-state index in [2.05, 4.69) is 4.74 Å². The lowest BCUT2D eigenvalue weighted by molar-refractivity contribution is -0.130. The molecule has 0 aliphatic carbocycles. The van der Waals surface area contributed by atoms with Gasteiger partial charge in [-0.05, 0) is 29.8 Å². The fourth-order valence-electron chi connectivity index (χ4n) is 2.25. The minimum absolute atomic E-state index is 0.388. The van der Waals surface area contributed by atoms with E-state index in [4.69, 9.17) is 4.74 Å². The van der Waals surface area contributed by atoms with Crippen LogP contribution in [0.5, 0.6) is 0 Å². The van der Waals surface area contributed by atoms with Crippen LogP contribution in [0.4, 0.5) is 0 Å². The third-order valence-corrected chi connectivity index (χ3v) is 3.44. The number of methoxy groups -OCH3 is 1. The molecule has 4 nitrogen and oxygen atoms in total. The van der Waals surface area contributed by atoms with E-state index < -0.39 is 5.97 Å². The molecule has 0 bridgehead atoms. The molecule has 1 aliphatic rings. The van der Waals surface area contributed by atoms with Gasteiger partial charge >= 0.3 is 11.9 Å². The second-order valence-corrected chi connectivity index (χ2v) is 4.98. The number of hydrogen-bond acceptors (Lipinski definition) is 4. The molecule has 0 aromatic heterocycles. The summed E-state index contributed by atoms with van der Waals surface area (Å²) >= 11 is 0. The molecular weight excluding hydrogens is 292 g/mol. The van der Waals surface area contributed by atoms with Crippen LogP contribution in [0.25, 0.3) is 11.8 Å². The summed E-state index contributed by atoms with van der Waals surface area (Å²) in [5.74, 6) is -0.246. The van der Waals surface area contributed by atoms with E-state index in [-0.39, 0.29) is 5.97 Å². The van der Waals surface area contributed by atoms with Crippen molar-refractivity contribution in [2.75, 3.05) is 7.11 Å². The summed E-state index contributed by atoms with van der Waals surface area (Å²) in [5, 5.41) is 0. The Morgan fingerprint density at radius 1 is 1.04 bits per heavy atom. The second-order valence-electron chi connectivity index (χ2n) is 4.98. The zero-order valence-corrected chi connectivity index (χ0v) is 12.5. The van der Waals surface area contributed by atoms with Gasteiger partial charge in [0.15, 0.2) is 0 Å². The largest absolute Gasteiger partial charge is 0.465 e. The average Bonchev–Trinajstić information content (AvgIpc) is 2.96. The minimum atomic E-state index is -0.393. The number of ether oxygens (including phenoxy) is 2. The smallest absolute Gasteiger partial charge is 0.343 e. The predicted octanol–water partition coefficient (Wildman–Crippen LogP) is 3.45. The van der Waals surface area contributed by atoms with E-state index in [9.17, 15) is 9.59 Å². The molecule has 1 aliphatic heterocycles. The first-order chi connectivity index (χ1) is 11.2. The van der Waals surface area contributed by atoms with Gasteiger partial charge in [0, 0.05) is 5.56 Å². The van der Waals surface area contributed by atoms with Gasteiger partial charge in [-0.25, -0.2) is 9.59 Å². The molecule has 0 saturated carbocycles. The highest BCUT2D eigenvalue weighted by Crippen LogP contribution is 2.27. The van der Waals surface area contributed by atoms with E-state index in [1.807, 2.05) is 30.3 Å². The molecule has 0 N–H and O–H groups in total. The van der Waals surface area contributed by atoms with Crippen LogP contribution in [0.15, 0.2) is 66.2 Å². The summed E-state index contributed by atoms with van der Waals surface area (Å²) in [6.07, 6.45) is 3.44. The van der Waals surface area contributed by atoms with Gasteiger partial charge in [-0.3, -0.25) is 0 Å². The SMILES string of the molecule is COC(=O)c1ccc(/C=C2/C=C(c3ccccc3)OC2=O)cc1. The first-order valence-electron chi connectivity index (χ1n) is 7.07. The molecule has 1 heterocycles. The van der Waals surface area contributed by atoms with Crippen molar-refractivity contribution in [1.82, 2.24) is 0 Å². The van der Waals surface area contributed by atoms with Crippen molar-refractivity contribution in [2.24, 2.45) is 0 Å². The van der Waals surface area contributed by atoms with Gasteiger partial charge in [-0.15, -0.1) is 0 Å². The number of esters is 2. The number of rotatable bonds is 3. The third-order valence-electron chi connectivity index (χ3n) is 3.44. The maximum Gasteiger partial charge on any atom is 0.343 e. The third kappa shape index (κ3) is 3.21. The van der Waals surface area contributed by atoms with Gasteiger partial charge in [-0.2, -0.15) is 0 Å². The fraction of sp³-hybridized carbons (Fsp3) is 0.0526. The van der Waals surface area contributed by atoms with Gasteiger partial charge in [0.05, 0.1) is 18.2 Å². The monoisotopic (exact) mass is 306 g/mol.